The summed E-state index contributed by atoms with van der Waals surface area (Å²) < 4.78 is 6.39. The number of aliphatic hydroxyl groups is 1. The Morgan fingerprint density at radius 3 is 2.41 bits per heavy atom. The van der Waals surface area contributed by atoms with Crippen LogP contribution in [0.5, 0.6) is 5.75 Å². The second-order valence-corrected chi connectivity index (χ2v) is 10.1. The van der Waals surface area contributed by atoms with Crippen molar-refractivity contribution < 1.29 is 9.84 Å². The van der Waals surface area contributed by atoms with Crippen LogP contribution in [0.4, 0.5) is 0 Å². The van der Waals surface area contributed by atoms with Crippen LogP contribution in [-0.2, 0) is 0 Å². The maximum atomic E-state index is 9.75. The van der Waals surface area contributed by atoms with E-state index in [-0.39, 0.29) is 12.0 Å². The lowest BCUT2D eigenvalue weighted by molar-refractivity contribution is 0.124. The molecule has 2 aromatic rings. The lowest BCUT2D eigenvalue weighted by Gasteiger charge is -2.37. The summed E-state index contributed by atoms with van der Waals surface area (Å²) in [6.45, 7) is 10.2. The number of hydrogen-bond donors (Lipinski definition) is 1. The van der Waals surface area contributed by atoms with Gasteiger partial charge in [-0.3, -0.25) is 4.90 Å². The molecule has 3 nitrogen and oxygen atoms in total. The van der Waals surface area contributed by atoms with Gasteiger partial charge in [-0.05, 0) is 87.0 Å². The molecule has 0 radical (unpaired) electrons. The number of rotatable bonds is 7. The predicted molar refractivity (Wildman–Crippen MR) is 135 cm³/mol. The average molecular weight is 456 g/mol. The Balaban J connectivity index is 1.52. The number of allylic oxidation sites excluding steroid dienone is 1. The number of halogens is 1. The van der Waals surface area contributed by atoms with E-state index in [1.807, 2.05) is 6.07 Å². The van der Waals surface area contributed by atoms with E-state index < -0.39 is 0 Å². The summed E-state index contributed by atoms with van der Waals surface area (Å²) in [7, 11) is 0. The van der Waals surface area contributed by atoms with Gasteiger partial charge in [-0.15, -0.1) is 0 Å². The van der Waals surface area contributed by atoms with Gasteiger partial charge in [-0.2, -0.15) is 0 Å². The van der Waals surface area contributed by atoms with E-state index in [0.29, 0.717) is 11.8 Å². The van der Waals surface area contributed by atoms with Gasteiger partial charge in [0.2, 0.25) is 0 Å². The first-order chi connectivity index (χ1) is 15.5. The molecule has 2 aromatic carbocycles. The second kappa shape index (κ2) is 10.5. The second-order valence-electron chi connectivity index (χ2n) is 9.75. The number of fused-ring (bicyclic) bond motifs is 1. The Morgan fingerprint density at radius 1 is 1.09 bits per heavy atom. The van der Waals surface area contributed by atoms with Gasteiger partial charge in [0.15, 0.2) is 0 Å². The van der Waals surface area contributed by atoms with Crippen LogP contribution in [0, 0.1) is 11.8 Å². The molecular formula is C28H38ClNO2. The van der Waals surface area contributed by atoms with Crippen LogP contribution < -0.4 is 4.74 Å². The molecule has 1 saturated carbocycles. The zero-order valence-corrected chi connectivity index (χ0v) is 20.4. The number of benzene rings is 2. The van der Waals surface area contributed by atoms with E-state index in [1.165, 1.54) is 24.8 Å². The smallest absolute Gasteiger partial charge is 0.138 e. The number of piperidine rings is 1. The summed E-state index contributed by atoms with van der Waals surface area (Å²) in [6, 6.07) is 11.2. The standard InChI is InChI=1S/C28H38ClNO2/c1-4-20-6-11-24(12-7-20)32-27-13-10-22-8-9-23(18-25(22)28(27)29)26(5-2)30-16-14-21(15-17-30)19(3)31/h8-10,13,18,20-21,24,26,31H,3-7,11-12,14-17H2,1-2H3. The van der Waals surface area contributed by atoms with Crippen LogP contribution in [0.3, 0.4) is 0 Å². The minimum Gasteiger partial charge on any atom is -0.513 e. The third-order valence-electron chi connectivity index (χ3n) is 7.82. The fraction of sp³-hybridized carbons (Fsp3) is 0.571. The lowest BCUT2D eigenvalue weighted by Crippen LogP contribution is -2.37. The Kier molecular flexibility index (Phi) is 7.68. The van der Waals surface area contributed by atoms with Crippen LogP contribution in [0.1, 0.15) is 76.8 Å². The Hall–Kier alpha value is -1.71. The van der Waals surface area contributed by atoms with Crippen molar-refractivity contribution in [3.63, 3.8) is 0 Å². The van der Waals surface area contributed by atoms with Gasteiger partial charge in [0, 0.05) is 17.3 Å². The minimum atomic E-state index is 0.238. The largest absolute Gasteiger partial charge is 0.513 e. The molecule has 4 rings (SSSR count). The quantitative estimate of drug-likeness (QED) is 0.428. The molecule has 174 valence electrons. The van der Waals surface area contributed by atoms with Crippen molar-refractivity contribution in [1.29, 1.82) is 0 Å². The highest BCUT2D eigenvalue weighted by Crippen LogP contribution is 2.39. The first kappa shape index (κ1) is 23.4. The van der Waals surface area contributed by atoms with Gasteiger partial charge in [0.05, 0.1) is 16.9 Å². The summed E-state index contributed by atoms with van der Waals surface area (Å²) in [5.74, 6) is 2.26. The van der Waals surface area contributed by atoms with Crippen molar-refractivity contribution in [3.8, 4) is 5.75 Å². The van der Waals surface area contributed by atoms with E-state index in [9.17, 15) is 5.11 Å². The molecule has 32 heavy (non-hydrogen) atoms. The molecule has 0 spiro atoms. The summed E-state index contributed by atoms with van der Waals surface area (Å²) in [5, 5.41) is 12.7. The number of hydrogen-bond acceptors (Lipinski definition) is 3. The van der Waals surface area contributed by atoms with E-state index in [0.717, 1.165) is 72.7 Å². The molecule has 1 heterocycles. The molecule has 1 N–H and O–H groups in total. The SMILES string of the molecule is C=C(O)C1CCN(C(CC)c2ccc3ccc(OC4CCC(CC)CC4)c(Cl)c3c2)CC1. The van der Waals surface area contributed by atoms with E-state index in [1.54, 1.807) is 0 Å². The van der Waals surface area contributed by atoms with E-state index >= 15 is 0 Å². The number of ether oxygens (including phenoxy) is 1. The van der Waals surface area contributed by atoms with Gasteiger partial charge in [-0.1, -0.05) is 56.6 Å². The Bertz CT molecular complexity index is 926. The maximum Gasteiger partial charge on any atom is 0.138 e. The normalized spacial score (nSPS) is 23.8. The molecule has 1 unspecified atom stereocenters. The van der Waals surface area contributed by atoms with Crippen molar-refractivity contribution in [2.75, 3.05) is 13.1 Å². The van der Waals surface area contributed by atoms with Gasteiger partial charge >= 0.3 is 0 Å². The zero-order valence-electron chi connectivity index (χ0n) is 19.7. The minimum absolute atomic E-state index is 0.238. The van der Waals surface area contributed by atoms with Gasteiger partial charge in [-0.25, -0.2) is 0 Å². The molecule has 0 amide bonds. The molecule has 1 saturated heterocycles. The zero-order chi connectivity index (χ0) is 22.7. The third kappa shape index (κ3) is 5.10. The molecular weight excluding hydrogens is 418 g/mol. The molecule has 1 aliphatic carbocycles. The summed E-state index contributed by atoms with van der Waals surface area (Å²) in [6.07, 6.45) is 9.31. The van der Waals surface area contributed by atoms with Gasteiger partial charge in [0.1, 0.15) is 5.75 Å². The van der Waals surface area contributed by atoms with Crippen molar-refractivity contribution in [2.24, 2.45) is 11.8 Å². The van der Waals surface area contributed by atoms with Crippen LogP contribution in [0.2, 0.25) is 5.02 Å². The van der Waals surface area contributed by atoms with Crippen LogP contribution in [0.25, 0.3) is 10.8 Å². The highest BCUT2D eigenvalue weighted by atomic mass is 35.5. The lowest BCUT2D eigenvalue weighted by atomic mass is 9.86. The van der Waals surface area contributed by atoms with Crippen molar-refractivity contribution >= 4 is 22.4 Å². The van der Waals surface area contributed by atoms with E-state index in [4.69, 9.17) is 16.3 Å². The molecule has 1 aliphatic heterocycles. The maximum absolute atomic E-state index is 9.75. The Morgan fingerprint density at radius 2 is 1.78 bits per heavy atom. The highest BCUT2D eigenvalue weighted by Gasteiger charge is 2.27. The van der Waals surface area contributed by atoms with Gasteiger partial charge < -0.3 is 9.84 Å². The summed E-state index contributed by atoms with van der Waals surface area (Å²) in [5.41, 5.74) is 1.31. The highest BCUT2D eigenvalue weighted by molar-refractivity contribution is 6.37. The molecule has 1 atom stereocenters. The number of nitrogens with zero attached hydrogens (tertiary/aromatic N) is 1. The molecule has 2 aliphatic rings. The van der Waals surface area contributed by atoms with Crippen molar-refractivity contribution in [1.82, 2.24) is 4.90 Å². The fourth-order valence-corrected chi connectivity index (χ4v) is 5.94. The average Bonchev–Trinajstić information content (AvgIpc) is 2.82. The Labute approximate surface area is 198 Å². The molecule has 4 heteroatoms. The first-order valence-electron chi connectivity index (χ1n) is 12.5. The molecule has 0 bridgehead atoms. The monoisotopic (exact) mass is 455 g/mol. The molecule has 2 fully saturated rings. The summed E-state index contributed by atoms with van der Waals surface area (Å²) >= 11 is 6.90. The predicted octanol–water partition coefficient (Wildman–Crippen LogP) is 8.08. The number of aliphatic hydroxyl groups excluding tert-OH is 1. The topological polar surface area (TPSA) is 32.7 Å². The van der Waals surface area contributed by atoms with Crippen molar-refractivity contribution in [3.05, 3.63) is 53.3 Å². The van der Waals surface area contributed by atoms with Crippen LogP contribution >= 0.6 is 11.6 Å². The van der Waals surface area contributed by atoms with E-state index in [2.05, 4.69) is 49.6 Å². The van der Waals surface area contributed by atoms with Crippen LogP contribution in [-0.4, -0.2) is 29.2 Å². The third-order valence-corrected chi connectivity index (χ3v) is 8.21. The number of likely N-dealkylation sites (tertiary alicyclic amines) is 1. The van der Waals surface area contributed by atoms with Crippen LogP contribution in [0.15, 0.2) is 42.7 Å². The van der Waals surface area contributed by atoms with Crippen molar-refractivity contribution in [2.45, 2.75) is 77.4 Å². The first-order valence-corrected chi connectivity index (χ1v) is 12.9. The fourth-order valence-electron chi connectivity index (χ4n) is 5.67. The molecule has 0 aromatic heterocycles. The summed E-state index contributed by atoms with van der Waals surface area (Å²) in [4.78, 5) is 2.54. The van der Waals surface area contributed by atoms with Gasteiger partial charge in [0.25, 0.3) is 0 Å².